The summed E-state index contributed by atoms with van der Waals surface area (Å²) in [4.78, 5) is 20.8. The molecule has 0 saturated heterocycles. The highest BCUT2D eigenvalue weighted by Gasteiger charge is 2.41. The SMILES string of the molecule is CCC=CC1(C=CC2(C=CCCCCCCCC(=O)O)CC2)CC1.CCCCCC=CC1(C=CCCCCCCCC(=O)O)CC1. The van der Waals surface area contributed by atoms with Crippen LogP contribution in [-0.4, -0.2) is 22.2 Å². The highest BCUT2D eigenvalue weighted by molar-refractivity contribution is 5.66. The molecule has 0 aromatic carbocycles. The molecule has 0 bridgehead atoms. The minimum Gasteiger partial charge on any atom is -0.481 e. The lowest BCUT2D eigenvalue weighted by molar-refractivity contribution is -0.138. The maximum Gasteiger partial charge on any atom is 0.303 e. The zero-order valence-corrected chi connectivity index (χ0v) is 29.7. The van der Waals surface area contributed by atoms with Crippen molar-refractivity contribution in [1.82, 2.24) is 0 Å². The van der Waals surface area contributed by atoms with Crippen molar-refractivity contribution < 1.29 is 19.8 Å². The molecule has 3 aliphatic rings. The number of hydrogen-bond donors (Lipinski definition) is 2. The lowest BCUT2D eigenvalue weighted by Crippen LogP contribution is -1.94. The van der Waals surface area contributed by atoms with Gasteiger partial charge in [-0.1, -0.05) is 126 Å². The molecule has 0 aromatic rings. The molecule has 0 heterocycles. The largest absolute Gasteiger partial charge is 0.481 e. The maximum atomic E-state index is 10.4. The molecule has 0 unspecified atom stereocenters. The summed E-state index contributed by atoms with van der Waals surface area (Å²) in [5.74, 6) is -1.33. The number of carbonyl (C=O) groups is 2. The Balaban J connectivity index is 0.000000322. The first-order chi connectivity index (χ1) is 22.3. The van der Waals surface area contributed by atoms with E-state index >= 15 is 0 Å². The van der Waals surface area contributed by atoms with Gasteiger partial charge in [0.2, 0.25) is 0 Å². The van der Waals surface area contributed by atoms with Crippen molar-refractivity contribution in [3.63, 3.8) is 0 Å². The van der Waals surface area contributed by atoms with Gasteiger partial charge >= 0.3 is 11.9 Å². The minimum atomic E-state index is -0.668. The summed E-state index contributed by atoms with van der Waals surface area (Å²) in [6.07, 6.45) is 52.3. The fraction of sp³-hybridized carbons (Fsp3) is 0.714. The number of carboxylic acids is 2. The Morgan fingerprint density at radius 1 is 0.457 bits per heavy atom. The lowest BCUT2D eigenvalue weighted by atomic mass is 9.98. The fourth-order valence-electron chi connectivity index (χ4n) is 5.89. The highest BCUT2D eigenvalue weighted by atomic mass is 16.4. The number of unbranched alkanes of at least 4 members (excludes halogenated alkanes) is 13. The van der Waals surface area contributed by atoms with Crippen LogP contribution in [0.2, 0.25) is 0 Å². The van der Waals surface area contributed by atoms with Gasteiger partial charge in [0.15, 0.2) is 0 Å². The van der Waals surface area contributed by atoms with E-state index in [0.29, 0.717) is 29.1 Å². The zero-order valence-electron chi connectivity index (χ0n) is 29.7. The van der Waals surface area contributed by atoms with E-state index in [-0.39, 0.29) is 0 Å². The van der Waals surface area contributed by atoms with Gasteiger partial charge in [0.25, 0.3) is 0 Å². The van der Waals surface area contributed by atoms with E-state index in [1.54, 1.807) is 0 Å². The van der Waals surface area contributed by atoms with Crippen LogP contribution in [0.25, 0.3) is 0 Å². The van der Waals surface area contributed by atoms with Crippen LogP contribution in [0, 0.1) is 16.2 Å². The molecular formula is C42H68O4. The van der Waals surface area contributed by atoms with E-state index in [9.17, 15) is 9.59 Å². The first kappa shape index (κ1) is 39.8. The molecule has 3 saturated carbocycles. The topological polar surface area (TPSA) is 74.6 Å². The number of carboxylic acid groups (broad SMARTS) is 2. The molecule has 0 atom stereocenters. The van der Waals surface area contributed by atoms with Crippen LogP contribution in [0.5, 0.6) is 0 Å². The summed E-state index contributed by atoms with van der Waals surface area (Å²) in [5.41, 5.74) is 1.18. The maximum absolute atomic E-state index is 10.4. The summed E-state index contributed by atoms with van der Waals surface area (Å²) in [5, 5.41) is 17.1. The molecule has 2 N–H and O–H groups in total. The summed E-state index contributed by atoms with van der Waals surface area (Å²) in [6.45, 7) is 4.45. The van der Waals surface area contributed by atoms with E-state index in [0.717, 1.165) is 38.5 Å². The van der Waals surface area contributed by atoms with Crippen molar-refractivity contribution in [3.05, 3.63) is 60.8 Å². The molecule has 3 fully saturated rings. The molecule has 3 rings (SSSR count). The third kappa shape index (κ3) is 20.0. The van der Waals surface area contributed by atoms with Gasteiger partial charge < -0.3 is 10.2 Å². The summed E-state index contributed by atoms with van der Waals surface area (Å²) < 4.78 is 0. The molecule has 4 nitrogen and oxygen atoms in total. The number of hydrogen-bond acceptors (Lipinski definition) is 2. The van der Waals surface area contributed by atoms with Gasteiger partial charge in [-0.2, -0.15) is 0 Å². The molecule has 0 radical (unpaired) electrons. The number of aliphatic carboxylic acids is 2. The van der Waals surface area contributed by atoms with E-state index in [4.69, 9.17) is 10.2 Å². The molecule has 0 aromatic heterocycles. The average molecular weight is 637 g/mol. The standard InChI is InChI=1S/C22H34O2.C20H34O2/c1-2-3-12-21(14-15-21)16-17-22(18-19-22)13-10-8-6-4-5-7-9-11-20(23)24;1-2-3-4-9-12-15-20(17-18-20)16-13-10-7-5-6-8-11-14-19(21)22/h3,10,12-13,16-17H,2,4-9,11,14-15,18-19H2,1H3,(H,23,24);12-13,15-16H,2-11,14,17-18H2,1H3,(H,21,22). The molecule has 0 spiro atoms. The Bertz CT molecular complexity index is 985. The zero-order chi connectivity index (χ0) is 33.4. The Morgan fingerprint density at radius 2 is 0.783 bits per heavy atom. The predicted octanol–water partition coefficient (Wildman–Crippen LogP) is 12.7. The normalized spacial score (nSPS) is 18.9. The number of allylic oxidation sites excluding steroid dienone is 10. The minimum absolute atomic E-state index is 0.323. The van der Waals surface area contributed by atoms with Crippen LogP contribution in [0.3, 0.4) is 0 Å². The molecule has 3 aliphatic carbocycles. The van der Waals surface area contributed by atoms with E-state index in [2.05, 4.69) is 74.6 Å². The number of rotatable bonds is 27. The molecule has 260 valence electrons. The predicted molar refractivity (Wildman–Crippen MR) is 195 cm³/mol. The van der Waals surface area contributed by atoms with Crippen molar-refractivity contribution in [2.75, 3.05) is 0 Å². The quantitative estimate of drug-likeness (QED) is 0.0695. The van der Waals surface area contributed by atoms with Gasteiger partial charge in [-0.3, -0.25) is 9.59 Å². The average Bonchev–Trinajstić information content (AvgIpc) is 3.94. The molecule has 0 amide bonds. The molecule has 0 aliphatic heterocycles. The van der Waals surface area contributed by atoms with E-state index in [1.807, 2.05) is 0 Å². The first-order valence-corrected chi connectivity index (χ1v) is 19.1. The monoisotopic (exact) mass is 637 g/mol. The second-order valence-corrected chi connectivity index (χ2v) is 14.4. The van der Waals surface area contributed by atoms with Gasteiger partial charge in [0.05, 0.1) is 0 Å². The summed E-state index contributed by atoms with van der Waals surface area (Å²) in [6, 6.07) is 0. The first-order valence-electron chi connectivity index (χ1n) is 19.1. The Kier molecular flexibility index (Phi) is 19.9. The van der Waals surface area contributed by atoms with Gasteiger partial charge in [0, 0.05) is 29.1 Å². The van der Waals surface area contributed by atoms with Gasteiger partial charge in [-0.15, -0.1) is 0 Å². The second kappa shape index (κ2) is 23.0. The Hall–Kier alpha value is -2.36. The molecule has 46 heavy (non-hydrogen) atoms. The van der Waals surface area contributed by atoms with Crippen molar-refractivity contribution >= 4 is 11.9 Å². The fourth-order valence-corrected chi connectivity index (χ4v) is 5.89. The van der Waals surface area contributed by atoms with Crippen LogP contribution in [0.15, 0.2) is 60.8 Å². The summed E-state index contributed by atoms with van der Waals surface area (Å²) in [7, 11) is 0. The van der Waals surface area contributed by atoms with Gasteiger partial charge in [0.1, 0.15) is 0 Å². The smallest absolute Gasteiger partial charge is 0.303 e. The van der Waals surface area contributed by atoms with Crippen LogP contribution in [-0.2, 0) is 9.59 Å². The lowest BCUT2D eigenvalue weighted by Gasteiger charge is -2.07. The Labute approximate surface area is 282 Å². The van der Waals surface area contributed by atoms with Gasteiger partial charge in [-0.05, 0) is 96.3 Å². The van der Waals surface area contributed by atoms with Crippen molar-refractivity contribution in [2.45, 2.75) is 174 Å². The van der Waals surface area contributed by atoms with Gasteiger partial charge in [-0.25, -0.2) is 0 Å². The third-order valence-electron chi connectivity index (χ3n) is 9.76. The van der Waals surface area contributed by atoms with Crippen molar-refractivity contribution in [2.24, 2.45) is 16.2 Å². The van der Waals surface area contributed by atoms with E-state index in [1.165, 1.54) is 109 Å². The van der Waals surface area contributed by atoms with Crippen LogP contribution < -0.4 is 0 Å². The van der Waals surface area contributed by atoms with Crippen LogP contribution in [0.1, 0.15) is 174 Å². The van der Waals surface area contributed by atoms with Crippen molar-refractivity contribution in [1.29, 1.82) is 0 Å². The third-order valence-corrected chi connectivity index (χ3v) is 9.76. The highest BCUT2D eigenvalue weighted by Crippen LogP contribution is 2.54. The molecule has 4 heteroatoms. The van der Waals surface area contributed by atoms with Crippen LogP contribution in [0.4, 0.5) is 0 Å². The van der Waals surface area contributed by atoms with Crippen molar-refractivity contribution in [3.8, 4) is 0 Å². The second-order valence-electron chi connectivity index (χ2n) is 14.4. The Morgan fingerprint density at radius 3 is 1.13 bits per heavy atom. The van der Waals surface area contributed by atoms with E-state index < -0.39 is 11.9 Å². The summed E-state index contributed by atoms with van der Waals surface area (Å²) >= 11 is 0. The molecular weight excluding hydrogens is 568 g/mol. The van der Waals surface area contributed by atoms with Crippen LogP contribution >= 0.6 is 0 Å².